The summed E-state index contributed by atoms with van der Waals surface area (Å²) in [5, 5.41) is 0.945. The van der Waals surface area contributed by atoms with E-state index in [4.69, 9.17) is 15.2 Å². The molecule has 152 valence electrons. The lowest BCUT2D eigenvalue weighted by Gasteiger charge is -2.26. The van der Waals surface area contributed by atoms with Crippen molar-refractivity contribution in [2.75, 3.05) is 40.5 Å². The van der Waals surface area contributed by atoms with Gasteiger partial charge < -0.3 is 25.4 Å². The molecule has 0 bridgehead atoms. The predicted octanol–water partition coefficient (Wildman–Crippen LogP) is -0.498. The summed E-state index contributed by atoms with van der Waals surface area (Å²) in [6, 6.07) is 2.55. The van der Waals surface area contributed by atoms with Gasteiger partial charge in [-0.25, -0.2) is 13.2 Å². The maximum absolute atomic E-state index is 12.7. The van der Waals surface area contributed by atoms with Crippen LogP contribution in [0.3, 0.4) is 0 Å². The fourth-order valence-corrected chi connectivity index (χ4v) is 3.75. The first-order chi connectivity index (χ1) is 12.8. The molecular formula is C16H26N4O6S. The number of amides is 3. The number of methoxy groups -OCH3 is 2. The highest BCUT2D eigenvalue weighted by atomic mass is 32.2. The first-order valence-electron chi connectivity index (χ1n) is 8.22. The largest absolute Gasteiger partial charge is 0.383 e. The summed E-state index contributed by atoms with van der Waals surface area (Å²) in [5.41, 5.74) is 5.62. The van der Waals surface area contributed by atoms with Crippen molar-refractivity contribution < 1.29 is 27.5 Å². The van der Waals surface area contributed by atoms with Crippen LogP contribution in [0, 0.1) is 0 Å². The molecule has 1 aromatic heterocycles. The molecule has 0 aliphatic rings. The fraction of sp³-hybridized carbons (Fsp3) is 0.562. The number of nitrogens with one attached hydrogen (secondary N) is 1. The second-order valence-electron chi connectivity index (χ2n) is 5.75. The molecule has 27 heavy (non-hydrogen) atoms. The topological polar surface area (TPSA) is 141 Å². The number of carbonyl (C=O) groups excluding carboxylic acids is 2. The number of carbonyl (C=O) groups is 2. The lowest BCUT2D eigenvalue weighted by Crippen LogP contribution is -2.50. The Labute approximate surface area is 158 Å². The van der Waals surface area contributed by atoms with Gasteiger partial charge in [-0.2, -0.15) is 0 Å². The number of hydrogen-bond donors (Lipinski definition) is 2. The molecule has 1 atom stereocenters. The van der Waals surface area contributed by atoms with E-state index in [0.717, 1.165) is 0 Å². The zero-order valence-electron chi connectivity index (χ0n) is 15.5. The molecule has 3 N–H and O–H groups in total. The molecule has 0 aliphatic heterocycles. The van der Waals surface area contributed by atoms with E-state index in [1.807, 2.05) is 0 Å². The van der Waals surface area contributed by atoms with E-state index in [-0.39, 0.29) is 32.1 Å². The van der Waals surface area contributed by atoms with E-state index in [1.54, 1.807) is 12.1 Å². The molecule has 1 rings (SSSR count). The van der Waals surface area contributed by atoms with Crippen LogP contribution in [-0.4, -0.2) is 76.1 Å². The SMILES string of the molecule is COCCN(CCOC)C(=O)N[C@@H](CC(N)=O)S(=O)(=O)Cc1cccnc1. The van der Waals surface area contributed by atoms with E-state index >= 15 is 0 Å². The molecule has 0 aromatic carbocycles. The van der Waals surface area contributed by atoms with Gasteiger partial charge in [-0.3, -0.25) is 9.78 Å². The lowest BCUT2D eigenvalue weighted by molar-refractivity contribution is -0.118. The van der Waals surface area contributed by atoms with E-state index in [2.05, 4.69) is 10.3 Å². The van der Waals surface area contributed by atoms with Crippen LogP contribution in [0.4, 0.5) is 4.79 Å². The summed E-state index contributed by atoms with van der Waals surface area (Å²) in [4.78, 5) is 29.1. The summed E-state index contributed by atoms with van der Waals surface area (Å²) < 4.78 is 35.3. The number of primary amides is 1. The van der Waals surface area contributed by atoms with E-state index < -0.39 is 33.6 Å². The zero-order valence-corrected chi connectivity index (χ0v) is 16.3. The normalized spacial score (nSPS) is 12.4. The first-order valence-corrected chi connectivity index (χ1v) is 9.93. The number of hydrogen-bond acceptors (Lipinski definition) is 7. The van der Waals surface area contributed by atoms with Gasteiger partial charge in [0.2, 0.25) is 5.91 Å². The highest BCUT2D eigenvalue weighted by molar-refractivity contribution is 7.91. The van der Waals surface area contributed by atoms with Crippen molar-refractivity contribution in [3.05, 3.63) is 30.1 Å². The van der Waals surface area contributed by atoms with Crippen LogP contribution in [0.25, 0.3) is 0 Å². The smallest absolute Gasteiger partial charge is 0.318 e. The van der Waals surface area contributed by atoms with E-state index in [0.29, 0.717) is 5.56 Å². The van der Waals surface area contributed by atoms with Crippen molar-refractivity contribution >= 4 is 21.8 Å². The van der Waals surface area contributed by atoms with Gasteiger partial charge in [-0.05, 0) is 11.6 Å². The molecular weight excluding hydrogens is 376 g/mol. The van der Waals surface area contributed by atoms with Crippen molar-refractivity contribution in [1.82, 2.24) is 15.2 Å². The average Bonchev–Trinajstić information content (AvgIpc) is 2.61. The summed E-state index contributed by atoms with van der Waals surface area (Å²) in [6.45, 7) is 0.995. The molecule has 11 heteroatoms. The van der Waals surface area contributed by atoms with E-state index in [9.17, 15) is 18.0 Å². The summed E-state index contributed by atoms with van der Waals surface area (Å²) >= 11 is 0. The molecule has 0 saturated heterocycles. The minimum Gasteiger partial charge on any atom is -0.383 e. The molecule has 0 saturated carbocycles. The second-order valence-corrected chi connectivity index (χ2v) is 7.93. The Bertz CT molecular complexity index is 690. The Morgan fingerprint density at radius 1 is 1.26 bits per heavy atom. The Morgan fingerprint density at radius 2 is 1.89 bits per heavy atom. The number of ether oxygens (including phenoxy) is 2. The van der Waals surface area contributed by atoms with Gasteiger partial charge in [0.15, 0.2) is 9.84 Å². The molecule has 1 heterocycles. The number of pyridine rings is 1. The number of urea groups is 1. The van der Waals surface area contributed by atoms with Gasteiger partial charge in [0, 0.05) is 39.7 Å². The molecule has 0 aliphatic carbocycles. The Morgan fingerprint density at radius 3 is 2.37 bits per heavy atom. The second kappa shape index (κ2) is 11.5. The van der Waals surface area contributed by atoms with Gasteiger partial charge in [-0.15, -0.1) is 0 Å². The van der Waals surface area contributed by atoms with Crippen molar-refractivity contribution in [2.24, 2.45) is 5.73 Å². The third-order valence-corrected chi connectivity index (χ3v) is 5.50. The number of aromatic nitrogens is 1. The average molecular weight is 402 g/mol. The molecule has 10 nitrogen and oxygen atoms in total. The van der Waals surface area contributed by atoms with Crippen molar-refractivity contribution in [3.63, 3.8) is 0 Å². The van der Waals surface area contributed by atoms with Gasteiger partial charge in [0.1, 0.15) is 5.37 Å². The third kappa shape index (κ3) is 8.33. The van der Waals surface area contributed by atoms with Crippen molar-refractivity contribution in [3.8, 4) is 0 Å². The zero-order chi connectivity index (χ0) is 20.3. The number of nitrogens with two attached hydrogens (primary N) is 1. The maximum atomic E-state index is 12.7. The van der Waals surface area contributed by atoms with Crippen molar-refractivity contribution in [2.45, 2.75) is 17.5 Å². The van der Waals surface area contributed by atoms with Crippen LogP contribution in [-0.2, 0) is 29.9 Å². The van der Waals surface area contributed by atoms with Crippen molar-refractivity contribution in [1.29, 1.82) is 0 Å². The van der Waals surface area contributed by atoms with Crippen LogP contribution >= 0.6 is 0 Å². The lowest BCUT2D eigenvalue weighted by atomic mass is 10.3. The summed E-state index contributed by atoms with van der Waals surface area (Å²) in [7, 11) is -0.929. The number of nitrogens with zero attached hydrogens (tertiary/aromatic N) is 2. The Hall–Kier alpha value is -2.24. The molecule has 0 spiro atoms. The molecule has 0 radical (unpaired) electrons. The predicted molar refractivity (Wildman–Crippen MR) is 98.3 cm³/mol. The van der Waals surface area contributed by atoms with Gasteiger partial charge in [-0.1, -0.05) is 6.07 Å². The Balaban J connectivity index is 2.93. The van der Waals surface area contributed by atoms with Crippen LogP contribution in [0.5, 0.6) is 0 Å². The highest BCUT2D eigenvalue weighted by Gasteiger charge is 2.30. The summed E-state index contributed by atoms with van der Waals surface area (Å²) in [6.07, 6.45) is 2.39. The fourth-order valence-electron chi connectivity index (χ4n) is 2.21. The summed E-state index contributed by atoms with van der Waals surface area (Å²) in [5.74, 6) is -1.22. The number of sulfone groups is 1. The monoisotopic (exact) mass is 402 g/mol. The van der Waals surface area contributed by atoms with Gasteiger partial charge in [0.25, 0.3) is 0 Å². The number of rotatable bonds is 12. The van der Waals surface area contributed by atoms with Crippen LogP contribution in [0.2, 0.25) is 0 Å². The molecule has 3 amide bonds. The van der Waals surface area contributed by atoms with Crippen LogP contribution in [0.15, 0.2) is 24.5 Å². The molecule has 0 fully saturated rings. The highest BCUT2D eigenvalue weighted by Crippen LogP contribution is 2.12. The standard InChI is InChI=1S/C16H26N4O6S/c1-25-8-6-20(7-9-26-2)16(22)19-15(10-14(17)21)27(23,24)12-13-4-3-5-18-11-13/h3-5,11,15H,6-10,12H2,1-2H3,(H2,17,21)(H,19,22)/t15-/m1/s1. The molecule has 1 aromatic rings. The molecule has 0 unspecified atom stereocenters. The first kappa shape index (κ1) is 22.8. The minimum absolute atomic E-state index is 0.234. The quantitative estimate of drug-likeness (QED) is 0.480. The van der Waals surface area contributed by atoms with Crippen LogP contribution in [0.1, 0.15) is 12.0 Å². The van der Waals surface area contributed by atoms with Gasteiger partial charge in [0.05, 0.1) is 25.4 Å². The minimum atomic E-state index is -3.90. The van der Waals surface area contributed by atoms with Gasteiger partial charge >= 0.3 is 6.03 Å². The van der Waals surface area contributed by atoms with E-state index in [1.165, 1.54) is 31.5 Å². The van der Waals surface area contributed by atoms with Crippen LogP contribution < -0.4 is 11.1 Å². The maximum Gasteiger partial charge on any atom is 0.318 e. The third-order valence-electron chi connectivity index (χ3n) is 3.61. The Kier molecular flexibility index (Phi) is 9.68.